The van der Waals surface area contributed by atoms with Crippen LogP contribution in [0.25, 0.3) is 17.1 Å². The Hall–Kier alpha value is -2.84. The molecule has 0 radical (unpaired) electrons. The molecule has 0 aliphatic carbocycles. The van der Waals surface area contributed by atoms with E-state index in [1.807, 2.05) is 48.7 Å². The predicted molar refractivity (Wildman–Crippen MR) is 112 cm³/mol. The highest BCUT2D eigenvalue weighted by Gasteiger charge is 2.25. The zero-order valence-electron chi connectivity index (χ0n) is 16.2. The van der Waals surface area contributed by atoms with E-state index in [-0.39, 0.29) is 0 Å². The van der Waals surface area contributed by atoms with Crippen LogP contribution >= 0.6 is 12.2 Å². The van der Waals surface area contributed by atoms with Crippen molar-refractivity contribution in [3.8, 4) is 11.5 Å². The first-order valence-corrected chi connectivity index (χ1v) is 10.3. The molecule has 3 aromatic heterocycles. The molecule has 0 saturated carbocycles. The van der Waals surface area contributed by atoms with Crippen molar-refractivity contribution >= 4 is 17.9 Å². The van der Waals surface area contributed by atoms with Crippen molar-refractivity contribution in [2.24, 2.45) is 0 Å². The van der Waals surface area contributed by atoms with E-state index in [0.717, 1.165) is 43.0 Å². The van der Waals surface area contributed by atoms with Crippen LogP contribution in [-0.2, 0) is 6.67 Å². The van der Waals surface area contributed by atoms with Crippen LogP contribution in [0.5, 0.6) is 0 Å². The number of nitrogens with zero attached hydrogens (tertiary/aromatic N) is 6. The summed E-state index contributed by atoms with van der Waals surface area (Å²) in [6.45, 7) is 4.62. The fourth-order valence-electron chi connectivity index (χ4n) is 3.87. The third-order valence-corrected chi connectivity index (χ3v) is 5.83. The Kier molecular flexibility index (Phi) is 4.73. The van der Waals surface area contributed by atoms with E-state index in [4.69, 9.17) is 16.6 Å². The van der Waals surface area contributed by atoms with Gasteiger partial charge in [-0.25, -0.2) is 4.68 Å². The summed E-state index contributed by atoms with van der Waals surface area (Å²) in [5.74, 6) is 2.04. The molecule has 148 valence electrons. The summed E-state index contributed by atoms with van der Waals surface area (Å²) in [5.41, 5.74) is 3.05. The number of aryl methyl sites for hydroxylation is 1. The Morgan fingerprint density at radius 2 is 1.86 bits per heavy atom. The fourth-order valence-corrected chi connectivity index (χ4v) is 4.05. The Morgan fingerprint density at radius 3 is 2.66 bits per heavy atom. The molecule has 1 fully saturated rings. The zero-order valence-corrected chi connectivity index (χ0v) is 17.0. The van der Waals surface area contributed by atoms with E-state index in [2.05, 4.69) is 31.5 Å². The normalized spacial score (nSPS) is 15.9. The van der Waals surface area contributed by atoms with Crippen LogP contribution in [0.3, 0.4) is 0 Å². The molecule has 1 aliphatic rings. The first-order chi connectivity index (χ1) is 14.2. The topological polar surface area (TPSA) is 64.4 Å². The summed E-state index contributed by atoms with van der Waals surface area (Å²) in [7, 11) is 0. The van der Waals surface area contributed by atoms with Crippen LogP contribution in [0.2, 0.25) is 0 Å². The lowest BCUT2D eigenvalue weighted by molar-refractivity contribution is 0.156. The van der Waals surface area contributed by atoms with Crippen molar-refractivity contribution in [2.75, 3.05) is 13.1 Å². The fraction of sp³-hybridized carbons (Fsp3) is 0.333. The molecule has 0 atom stereocenters. The van der Waals surface area contributed by atoms with Gasteiger partial charge in [-0.15, -0.1) is 15.3 Å². The molecule has 0 unspecified atom stereocenters. The largest absolute Gasteiger partial charge is 0.409 e. The van der Waals surface area contributed by atoms with Gasteiger partial charge in [0.15, 0.2) is 5.65 Å². The Morgan fingerprint density at radius 1 is 1.07 bits per heavy atom. The molecule has 1 aliphatic heterocycles. The van der Waals surface area contributed by atoms with Gasteiger partial charge < -0.3 is 4.42 Å². The molecule has 1 aromatic carbocycles. The quantitative estimate of drug-likeness (QED) is 0.476. The number of aromatic nitrogens is 5. The molecule has 4 aromatic rings. The van der Waals surface area contributed by atoms with Gasteiger partial charge in [0, 0.05) is 30.8 Å². The van der Waals surface area contributed by atoms with Crippen LogP contribution in [0.4, 0.5) is 0 Å². The number of hydrogen-bond donors (Lipinski definition) is 0. The first kappa shape index (κ1) is 18.2. The van der Waals surface area contributed by atoms with Gasteiger partial charge in [-0.1, -0.05) is 23.8 Å². The smallest absolute Gasteiger partial charge is 0.288 e. The summed E-state index contributed by atoms with van der Waals surface area (Å²) in [6.07, 6.45) is 4.11. The minimum atomic E-state index is 0.408. The molecule has 7 nitrogen and oxygen atoms in total. The molecule has 29 heavy (non-hydrogen) atoms. The second-order valence-corrected chi connectivity index (χ2v) is 7.91. The van der Waals surface area contributed by atoms with E-state index >= 15 is 0 Å². The monoisotopic (exact) mass is 406 g/mol. The highest BCUT2D eigenvalue weighted by atomic mass is 32.1. The van der Waals surface area contributed by atoms with Gasteiger partial charge >= 0.3 is 0 Å². The van der Waals surface area contributed by atoms with Crippen LogP contribution < -0.4 is 0 Å². The highest BCUT2D eigenvalue weighted by Crippen LogP contribution is 2.27. The van der Waals surface area contributed by atoms with Gasteiger partial charge in [-0.2, -0.15) is 0 Å². The number of hydrogen-bond acceptors (Lipinski definition) is 6. The third-order valence-electron chi connectivity index (χ3n) is 5.53. The molecular weight excluding hydrogens is 384 g/mol. The van der Waals surface area contributed by atoms with E-state index in [1.165, 1.54) is 5.56 Å². The molecular formula is C21H22N6OS. The van der Waals surface area contributed by atoms with Crippen molar-refractivity contribution < 1.29 is 4.42 Å². The Labute approximate surface area is 173 Å². The van der Waals surface area contributed by atoms with Crippen molar-refractivity contribution in [1.82, 2.24) is 29.3 Å². The maximum Gasteiger partial charge on any atom is 0.288 e. The molecule has 8 heteroatoms. The van der Waals surface area contributed by atoms with Crippen molar-refractivity contribution in [2.45, 2.75) is 32.4 Å². The van der Waals surface area contributed by atoms with Crippen LogP contribution in [-0.4, -0.2) is 42.4 Å². The molecule has 1 saturated heterocycles. The van der Waals surface area contributed by atoms with E-state index in [0.29, 0.717) is 23.3 Å². The van der Waals surface area contributed by atoms with Crippen molar-refractivity contribution in [3.63, 3.8) is 0 Å². The maximum atomic E-state index is 5.73. The second kappa shape index (κ2) is 7.53. The number of fused-ring (bicyclic) bond motifs is 1. The lowest BCUT2D eigenvalue weighted by Gasteiger charge is -2.30. The number of benzene rings is 1. The summed E-state index contributed by atoms with van der Waals surface area (Å²) in [4.78, 5) is 2.77. The lowest BCUT2D eigenvalue weighted by Crippen LogP contribution is -2.35. The molecule has 0 N–H and O–H groups in total. The van der Waals surface area contributed by atoms with E-state index in [9.17, 15) is 0 Å². The summed E-state index contributed by atoms with van der Waals surface area (Å²) in [5, 5.41) is 13.3. The first-order valence-electron chi connectivity index (χ1n) is 9.84. The molecule has 0 bridgehead atoms. The highest BCUT2D eigenvalue weighted by molar-refractivity contribution is 7.71. The average molecular weight is 407 g/mol. The van der Waals surface area contributed by atoms with Gasteiger partial charge in [-0.05, 0) is 56.2 Å². The van der Waals surface area contributed by atoms with Gasteiger partial charge in [0.25, 0.3) is 4.84 Å². The number of rotatable bonds is 4. The van der Waals surface area contributed by atoms with Gasteiger partial charge in [0.2, 0.25) is 5.89 Å². The van der Waals surface area contributed by atoms with Crippen LogP contribution in [0.1, 0.15) is 30.1 Å². The number of piperidine rings is 1. The molecule has 5 rings (SSSR count). The van der Waals surface area contributed by atoms with Gasteiger partial charge in [0.1, 0.15) is 5.82 Å². The van der Waals surface area contributed by atoms with E-state index in [1.54, 1.807) is 4.68 Å². The Bertz CT molecular complexity index is 1180. The predicted octanol–water partition coefficient (Wildman–Crippen LogP) is 4.06. The van der Waals surface area contributed by atoms with Gasteiger partial charge in [-0.3, -0.25) is 9.30 Å². The summed E-state index contributed by atoms with van der Waals surface area (Å²) in [6, 6.07) is 14.1. The van der Waals surface area contributed by atoms with Gasteiger partial charge in [0.05, 0.1) is 6.67 Å². The van der Waals surface area contributed by atoms with Crippen LogP contribution in [0, 0.1) is 11.8 Å². The average Bonchev–Trinajstić information content (AvgIpc) is 3.33. The third kappa shape index (κ3) is 3.61. The van der Waals surface area contributed by atoms with Crippen molar-refractivity contribution in [1.29, 1.82) is 0 Å². The summed E-state index contributed by atoms with van der Waals surface area (Å²) < 4.78 is 9.60. The second-order valence-electron chi connectivity index (χ2n) is 7.56. The SMILES string of the molecule is Cc1ccc(-c2nn(CN3CCC(c4nnc5ccccn45)CC3)c(=S)o2)cc1. The maximum absolute atomic E-state index is 5.73. The molecule has 0 spiro atoms. The Balaban J connectivity index is 1.26. The number of likely N-dealkylation sites (tertiary alicyclic amines) is 1. The standard InChI is InChI=1S/C21H22N6OS/c1-15-5-7-17(8-6-15)20-24-27(21(29)28-20)14-25-12-9-16(10-13-25)19-23-22-18-4-2-3-11-26(18)19/h2-8,11,16H,9-10,12-14H2,1H3. The van der Waals surface area contributed by atoms with Crippen LogP contribution in [0.15, 0.2) is 53.1 Å². The minimum Gasteiger partial charge on any atom is -0.409 e. The lowest BCUT2D eigenvalue weighted by atomic mass is 9.96. The number of pyridine rings is 1. The van der Waals surface area contributed by atoms with E-state index < -0.39 is 0 Å². The minimum absolute atomic E-state index is 0.408. The zero-order chi connectivity index (χ0) is 19.8. The summed E-state index contributed by atoms with van der Waals surface area (Å²) >= 11 is 5.39. The van der Waals surface area contributed by atoms with Crippen molar-refractivity contribution in [3.05, 3.63) is 64.9 Å². The molecule has 0 amide bonds. The molecule has 4 heterocycles.